The van der Waals surface area contributed by atoms with Gasteiger partial charge in [0.05, 0.1) is 6.04 Å². The first-order valence-electron chi connectivity index (χ1n) is 7.21. The fourth-order valence-electron chi connectivity index (χ4n) is 3.31. The molecule has 0 radical (unpaired) electrons. The fraction of sp³-hybridized carbons (Fsp3) is 0.235. The lowest BCUT2D eigenvalue weighted by atomic mass is 9.90. The maximum atomic E-state index is 13.5. The second-order valence-electron chi connectivity index (χ2n) is 5.84. The van der Waals surface area contributed by atoms with Crippen molar-refractivity contribution >= 4 is 23.0 Å². The number of para-hydroxylation sites is 1. The molecule has 2 heterocycles. The summed E-state index contributed by atoms with van der Waals surface area (Å²) in [7, 11) is 0. The van der Waals surface area contributed by atoms with Gasteiger partial charge in [-0.1, -0.05) is 18.2 Å². The van der Waals surface area contributed by atoms with Gasteiger partial charge in [0.25, 0.3) is 0 Å². The lowest BCUT2D eigenvalue weighted by molar-refractivity contribution is 0.0495. The fourth-order valence-corrected chi connectivity index (χ4v) is 3.75. The van der Waals surface area contributed by atoms with Crippen LogP contribution in [0.25, 0.3) is 0 Å². The standard InChI is InChI=1S/C17H15FN2OS/c1-17-10-14(13-9-11(18)7-8-15(13)21-17)19-16(22)20(17)12-5-3-2-4-6-12/h2-9,14H,10H2,1H3,(H,19,22)/t14-,17-/m1/s1. The van der Waals surface area contributed by atoms with Gasteiger partial charge in [-0.15, -0.1) is 0 Å². The topological polar surface area (TPSA) is 24.5 Å². The van der Waals surface area contributed by atoms with Gasteiger partial charge < -0.3 is 10.1 Å². The molecule has 2 aromatic carbocycles. The average Bonchev–Trinajstić information content (AvgIpc) is 2.48. The molecule has 0 aliphatic carbocycles. The molecule has 5 heteroatoms. The summed E-state index contributed by atoms with van der Waals surface area (Å²) in [6, 6.07) is 14.5. The number of anilines is 1. The van der Waals surface area contributed by atoms with Gasteiger partial charge in [-0.05, 0) is 49.5 Å². The molecule has 3 nitrogen and oxygen atoms in total. The van der Waals surface area contributed by atoms with Crippen LogP contribution in [-0.4, -0.2) is 10.8 Å². The van der Waals surface area contributed by atoms with Crippen LogP contribution in [0.2, 0.25) is 0 Å². The molecular formula is C17H15FN2OS. The van der Waals surface area contributed by atoms with Crippen molar-refractivity contribution in [3.05, 3.63) is 59.9 Å². The number of rotatable bonds is 1. The minimum Gasteiger partial charge on any atom is -0.467 e. The Morgan fingerprint density at radius 1 is 1.27 bits per heavy atom. The third-order valence-electron chi connectivity index (χ3n) is 4.25. The SMILES string of the molecule is C[C@@]12C[C@@H](NC(=S)N1c1ccccc1)c1cc(F)ccc1O2. The van der Waals surface area contributed by atoms with Crippen molar-refractivity contribution in [2.24, 2.45) is 0 Å². The number of fused-ring (bicyclic) bond motifs is 4. The number of nitrogens with zero attached hydrogens (tertiary/aromatic N) is 1. The monoisotopic (exact) mass is 314 g/mol. The molecule has 2 aliphatic rings. The quantitative estimate of drug-likeness (QED) is 0.810. The Kier molecular flexibility index (Phi) is 2.87. The smallest absolute Gasteiger partial charge is 0.188 e. The predicted molar refractivity (Wildman–Crippen MR) is 87.4 cm³/mol. The second kappa shape index (κ2) is 4.68. The van der Waals surface area contributed by atoms with Gasteiger partial charge in [-0.25, -0.2) is 4.39 Å². The van der Waals surface area contributed by atoms with E-state index < -0.39 is 5.72 Å². The number of hydrogen-bond acceptors (Lipinski definition) is 2. The number of thiocarbonyl (C=S) groups is 1. The minimum absolute atomic E-state index is 0.0306. The molecular weight excluding hydrogens is 299 g/mol. The zero-order valence-electron chi connectivity index (χ0n) is 12.0. The lowest BCUT2D eigenvalue weighted by Gasteiger charge is -2.52. The Labute approximate surface area is 133 Å². The normalized spacial score (nSPS) is 26.0. The number of benzene rings is 2. The highest BCUT2D eigenvalue weighted by Crippen LogP contribution is 2.45. The van der Waals surface area contributed by atoms with E-state index in [2.05, 4.69) is 5.32 Å². The van der Waals surface area contributed by atoms with Crippen molar-refractivity contribution in [2.45, 2.75) is 25.1 Å². The van der Waals surface area contributed by atoms with Crippen molar-refractivity contribution in [1.29, 1.82) is 0 Å². The van der Waals surface area contributed by atoms with Crippen LogP contribution in [0.15, 0.2) is 48.5 Å². The summed E-state index contributed by atoms with van der Waals surface area (Å²) in [4.78, 5) is 1.99. The third-order valence-corrected chi connectivity index (χ3v) is 4.55. The summed E-state index contributed by atoms with van der Waals surface area (Å²) in [5.74, 6) is 0.445. The van der Waals surface area contributed by atoms with Crippen LogP contribution in [0, 0.1) is 5.82 Å². The van der Waals surface area contributed by atoms with E-state index in [-0.39, 0.29) is 11.9 Å². The number of hydrogen-bond donors (Lipinski definition) is 1. The van der Waals surface area contributed by atoms with Crippen molar-refractivity contribution in [3.8, 4) is 5.75 Å². The molecule has 2 atom stereocenters. The molecule has 0 unspecified atom stereocenters. The average molecular weight is 314 g/mol. The first-order chi connectivity index (χ1) is 10.6. The minimum atomic E-state index is -0.584. The molecule has 1 N–H and O–H groups in total. The van der Waals surface area contributed by atoms with E-state index in [0.717, 1.165) is 11.3 Å². The van der Waals surface area contributed by atoms with E-state index in [4.69, 9.17) is 17.0 Å². The van der Waals surface area contributed by atoms with Crippen LogP contribution in [0.3, 0.4) is 0 Å². The molecule has 0 amide bonds. The molecule has 0 spiro atoms. The van der Waals surface area contributed by atoms with E-state index in [9.17, 15) is 4.39 Å². The van der Waals surface area contributed by atoms with Crippen molar-refractivity contribution in [3.63, 3.8) is 0 Å². The highest BCUT2D eigenvalue weighted by atomic mass is 32.1. The zero-order valence-corrected chi connectivity index (χ0v) is 12.9. The first-order valence-corrected chi connectivity index (χ1v) is 7.62. The highest BCUT2D eigenvalue weighted by Gasteiger charge is 2.48. The van der Waals surface area contributed by atoms with E-state index in [0.29, 0.717) is 17.3 Å². The molecule has 4 rings (SSSR count). The van der Waals surface area contributed by atoms with Gasteiger partial charge >= 0.3 is 0 Å². The largest absolute Gasteiger partial charge is 0.467 e. The molecule has 0 saturated carbocycles. The Bertz CT molecular complexity index is 752. The number of nitrogens with one attached hydrogen (secondary N) is 1. The number of halogens is 1. The molecule has 2 aliphatic heterocycles. The molecule has 2 bridgehead atoms. The molecule has 0 aromatic heterocycles. The Morgan fingerprint density at radius 3 is 2.82 bits per heavy atom. The molecule has 22 heavy (non-hydrogen) atoms. The highest BCUT2D eigenvalue weighted by molar-refractivity contribution is 7.80. The summed E-state index contributed by atoms with van der Waals surface area (Å²) >= 11 is 5.54. The lowest BCUT2D eigenvalue weighted by Crippen LogP contribution is -2.65. The second-order valence-corrected chi connectivity index (χ2v) is 6.22. The van der Waals surface area contributed by atoms with Crippen molar-refractivity contribution in [1.82, 2.24) is 5.32 Å². The zero-order chi connectivity index (χ0) is 15.3. The molecule has 112 valence electrons. The van der Waals surface area contributed by atoms with Gasteiger partial charge in [-0.2, -0.15) is 0 Å². The van der Waals surface area contributed by atoms with Gasteiger partial charge in [-0.3, -0.25) is 4.90 Å². The third kappa shape index (κ3) is 1.96. The summed E-state index contributed by atoms with van der Waals surface area (Å²) < 4.78 is 19.7. The van der Waals surface area contributed by atoms with Gasteiger partial charge in [0.1, 0.15) is 11.6 Å². The summed E-state index contributed by atoms with van der Waals surface area (Å²) in [6.07, 6.45) is 0.693. The predicted octanol–water partition coefficient (Wildman–Crippen LogP) is 3.76. The Balaban J connectivity index is 1.81. The Morgan fingerprint density at radius 2 is 2.05 bits per heavy atom. The van der Waals surface area contributed by atoms with Crippen LogP contribution in [0.4, 0.5) is 10.1 Å². The summed E-state index contributed by atoms with van der Waals surface area (Å²) in [5.41, 5.74) is 1.22. The van der Waals surface area contributed by atoms with Crippen LogP contribution in [0.5, 0.6) is 5.75 Å². The summed E-state index contributed by atoms with van der Waals surface area (Å²) in [6.45, 7) is 2.02. The van der Waals surface area contributed by atoms with E-state index in [1.54, 1.807) is 6.07 Å². The van der Waals surface area contributed by atoms with Crippen LogP contribution >= 0.6 is 12.2 Å². The maximum absolute atomic E-state index is 13.5. The van der Waals surface area contributed by atoms with Gasteiger partial charge in [0.2, 0.25) is 0 Å². The van der Waals surface area contributed by atoms with Gasteiger partial charge in [0.15, 0.2) is 10.8 Å². The molecule has 1 fully saturated rings. The van der Waals surface area contributed by atoms with Crippen molar-refractivity contribution < 1.29 is 9.13 Å². The van der Waals surface area contributed by atoms with E-state index >= 15 is 0 Å². The van der Waals surface area contributed by atoms with E-state index in [1.165, 1.54) is 12.1 Å². The van der Waals surface area contributed by atoms with Crippen LogP contribution < -0.4 is 15.0 Å². The number of ether oxygens (including phenoxy) is 1. The van der Waals surface area contributed by atoms with Crippen LogP contribution in [-0.2, 0) is 0 Å². The molecule has 2 aromatic rings. The summed E-state index contributed by atoms with van der Waals surface area (Å²) in [5, 5.41) is 3.91. The van der Waals surface area contributed by atoms with Crippen LogP contribution in [0.1, 0.15) is 24.9 Å². The molecule has 1 saturated heterocycles. The maximum Gasteiger partial charge on any atom is 0.188 e. The van der Waals surface area contributed by atoms with Gasteiger partial charge in [0, 0.05) is 17.7 Å². The first kappa shape index (κ1) is 13.5. The van der Waals surface area contributed by atoms with Crippen molar-refractivity contribution in [2.75, 3.05) is 4.90 Å². The van der Waals surface area contributed by atoms with E-state index in [1.807, 2.05) is 42.2 Å². The Hall–Kier alpha value is -2.14.